The number of para-hydroxylation sites is 1. The molecule has 0 bridgehead atoms. The van der Waals surface area contributed by atoms with E-state index in [0.717, 1.165) is 32.3 Å². The lowest BCUT2D eigenvalue weighted by Gasteiger charge is -2.08. The molecular formula is C16H22O4. The molecule has 0 atom stereocenters. The Kier molecular flexibility index (Phi) is 8.15. The number of carboxylic acids is 1. The fraction of sp³-hybridized carbons (Fsp3) is 0.438. The van der Waals surface area contributed by atoms with Crippen molar-refractivity contribution in [3.63, 3.8) is 0 Å². The zero-order chi connectivity index (χ0) is 14.6. The van der Waals surface area contributed by atoms with Gasteiger partial charge in [-0.25, -0.2) is 4.79 Å². The highest BCUT2D eigenvalue weighted by Gasteiger charge is 2.09. The Labute approximate surface area is 120 Å². The van der Waals surface area contributed by atoms with E-state index >= 15 is 0 Å². The second-order valence-electron chi connectivity index (χ2n) is 4.43. The normalized spacial score (nSPS) is 10.2. The highest BCUT2D eigenvalue weighted by Crippen LogP contribution is 2.18. The molecule has 0 heterocycles. The summed E-state index contributed by atoms with van der Waals surface area (Å²) in [5.74, 6) is -0.519. The summed E-state index contributed by atoms with van der Waals surface area (Å²) in [6.07, 6.45) is 5.82. The van der Waals surface area contributed by atoms with Gasteiger partial charge < -0.3 is 14.6 Å². The van der Waals surface area contributed by atoms with E-state index in [0.29, 0.717) is 19.0 Å². The van der Waals surface area contributed by atoms with Crippen LogP contribution in [0.4, 0.5) is 0 Å². The quantitative estimate of drug-likeness (QED) is 0.497. The van der Waals surface area contributed by atoms with E-state index in [1.807, 2.05) is 0 Å². The molecule has 1 aromatic carbocycles. The molecule has 0 aliphatic heterocycles. The summed E-state index contributed by atoms with van der Waals surface area (Å²) in [6, 6.07) is 6.71. The van der Waals surface area contributed by atoms with Crippen molar-refractivity contribution in [3.05, 3.63) is 42.5 Å². The summed E-state index contributed by atoms with van der Waals surface area (Å²) in [5, 5.41) is 9.01. The average molecular weight is 278 g/mol. The van der Waals surface area contributed by atoms with Crippen LogP contribution in [0.25, 0.3) is 0 Å². The minimum Gasteiger partial charge on any atom is -0.493 e. The molecule has 4 heteroatoms. The molecule has 0 radical (unpaired) electrons. The van der Waals surface area contributed by atoms with Gasteiger partial charge in [0.15, 0.2) is 0 Å². The Morgan fingerprint density at radius 3 is 2.55 bits per heavy atom. The molecule has 0 aromatic heterocycles. The minimum atomic E-state index is -0.958. The smallest absolute Gasteiger partial charge is 0.339 e. The molecule has 1 N–H and O–H groups in total. The molecule has 0 unspecified atom stereocenters. The third kappa shape index (κ3) is 6.38. The molecule has 0 aliphatic rings. The molecule has 0 fully saturated rings. The molecule has 0 aliphatic carbocycles. The Morgan fingerprint density at radius 2 is 1.85 bits per heavy atom. The SMILES string of the molecule is C=CCOCCCCCCOc1ccccc1C(=O)O. The van der Waals surface area contributed by atoms with Gasteiger partial charge in [-0.3, -0.25) is 0 Å². The van der Waals surface area contributed by atoms with Crippen molar-refractivity contribution in [1.82, 2.24) is 0 Å². The number of ether oxygens (including phenoxy) is 2. The Balaban J connectivity index is 2.12. The van der Waals surface area contributed by atoms with Crippen LogP contribution in [0.5, 0.6) is 5.75 Å². The standard InChI is InChI=1S/C16H22O4/c1-2-11-19-12-7-3-4-8-13-20-15-10-6-5-9-14(15)16(17)18/h2,5-6,9-10H,1,3-4,7-8,11-13H2,(H,17,18). The summed E-state index contributed by atoms with van der Waals surface area (Å²) in [4.78, 5) is 11.0. The van der Waals surface area contributed by atoms with Crippen molar-refractivity contribution in [3.8, 4) is 5.75 Å². The molecule has 20 heavy (non-hydrogen) atoms. The molecule has 0 saturated heterocycles. The van der Waals surface area contributed by atoms with Crippen LogP contribution in [-0.4, -0.2) is 30.9 Å². The van der Waals surface area contributed by atoms with Gasteiger partial charge in [0.2, 0.25) is 0 Å². The first-order chi connectivity index (χ1) is 9.75. The number of carboxylic acid groups (broad SMARTS) is 1. The van der Waals surface area contributed by atoms with Crippen molar-refractivity contribution in [1.29, 1.82) is 0 Å². The monoisotopic (exact) mass is 278 g/mol. The Bertz CT molecular complexity index is 415. The van der Waals surface area contributed by atoms with E-state index in [-0.39, 0.29) is 5.56 Å². The third-order valence-electron chi connectivity index (χ3n) is 2.79. The molecule has 0 spiro atoms. The molecule has 4 nitrogen and oxygen atoms in total. The van der Waals surface area contributed by atoms with Gasteiger partial charge in [-0.05, 0) is 31.4 Å². The first kappa shape index (κ1) is 16.2. The number of rotatable bonds is 11. The van der Waals surface area contributed by atoms with Gasteiger partial charge in [0, 0.05) is 6.61 Å². The highest BCUT2D eigenvalue weighted by molar-refractivity contribution is 5.90. The Morgan fingerprint density at radius 1 is 1.15 bits per heavy atom. The van der Waals surface area contributed by atoms with Crippen LogP contribution in [0, 0.1) is 0 Å². The van der Waals surface area contributed by atoms with Crippen LogP contribution < -0.4 is 4.74 Å². The second kappa shape index (κ2) is 10.0. The number of aromatic carboxylic acids is 1. The molecule has 1 rings (SSSR count). The van der Waals surface area contributed by atoms with Crippen LogP contribution in [0.15, 0.2) is 36.9 Å². The minimum absolute atomic E-state index is 0.213. The lowest BCUT2D eigenvalue weighted by Crippen LogP contribution is -2.04. The summed E-state index contributed by atoms with van der Waals surface area (Å²) < 4.78 is 10.8. The van der Waals surface area contributed by atoms with Crippen LogP contribution >= 0.6 is 0 Å². The topological polar surface area (TPSA) is 55.8 Å². The van der Waals surface area contributed by atoms with E-state index in [9.17, 15) is 4.79 Å². The maximum atomic E-state index is 11.0. The third-order valence-corrected chi connectivity index (χ3v) is 2.79. The fourth-order valence-corrected chi connectivity index (χ4v) is 1.78. The summed E-state index contributed by atoms with van der Waals surface area (Å²) in [7, 11) is 0. The number of hydrogen-bond donors (Lipinski definition) is 1. The lowest BCUT2D eigenvalue weighted by atomic mass is 10.2. The van der Waals surface area contributed by atoms with Gasteiger partial charge in [0.1, 0.15) is 11.3 Å². The van der Waals surface area contributed by atoms with E-state index in [1.165, 1.54) is 0 Å². The highest BCUT2D eigenvalue weighted by atomic mass is 16.5. The van der Waals surface area contributed by atoms with Gasteiger partial charge in [-0.15, -0.1) is 6.58 Å². The van der Waals surface area contributed by atoms with Gasteiger partial charge in [-0.2, -0.15) is 0 Å². The van der Waals surface area contributed by atoms with E-state index < -0.39 is 5.97 Å². The van der Waals surface area contributed by atoms with Gasteiger partial charge in [0.05, 0.1) is 13.2 Å². The summed E-state index contributed by atoms with van der Waals surface area (Å²) in [6.45, 7) is 5.49. The second-order valence-corrected chi connectivity index (χ2v) is 4.43. The van der Waals surface area contributed by atoms with Crippen molar-refractivity contribution in [2.75, 3.05) is 19.8 Å². The number of benzene rings is 1. The number of hydrogen-bond acceptors (Lipinski definition) is 3. The van der Waals surface area contributed by atoms with E-state index in [4.69, 9.17) is 14.6 Å². The lowest BCUT2D eigenvalue weighted by molar-refractivity contribution is 0.0692. The van der Waals surface area contributed by atoms with Gasteiger partial charge in [0.25, 0.3) is 0 Å². The summed E-state index contributed by atoms with van der Waals surface area (Å²) >= 11 is 0. The van der Waals surface area contributed by atoms with Crippen molar-refractivity contribution >= 4 is 5.97 Å². The predicted octanol–water partition coefficient (Wildman–Crippen LogP) is 3.53. The van der Waals surface area contributed by atoms with Crippen molar-refractivity contribution < 1.29 is 19.4 Å². The van der Waals surface area contributed by atoms with Crippen LogP contribution in [0.2, 0.25) is 0 Å². The van der Waals surface area contributed by atoms with Gasteiger partial charge in [-0.1, -0.05) is 24.6 Å². The zero-order valence-corrected chi connectivity index (χ0v) is 11.7. The van der Waals surface area contributed by atoms with Crippen LogP contribution in [-0.2, 0) is 4.74 Å². The number of carbonyl (C=O) groups is 1. The molecule has 0 amide bonds. The summed E-state index contributed by atoms with van der Waals surface area (Å²) in [5.41, 5.74) is 0.213. The maximum absolute atomic E-state index is 11.0. The first-order valence-electron chi connectivity index (χ1n) is 6.89. The van der Waals surface area contributed by atoms with Crippen LogP contribution in [0.1, 0.15) is 36.0 Å². The Hall–Kier alpha value is -1.81. The van der Waals surface area contributed by atoms with E-state index in [1.54, 1.807) is 30.3 Å². The van der Waals surface area contributed by atoms with Crippen LogP contribution in [0.3, 0.4) is 0 Å². The molecule has 110 valence electrons. The maximum Gasteiger partial charge on any atom is 0.339 e. The zero-order valence-electron chi connectivity index (χ0n) is 11.7. The number of unbranched alkanes of at least 4 members (excludes halogenated alkanes) is 3. The van der Waals surface area contributed by atoms with Crippen molar-refractivity contribution in [2.24, 2.45) is 0 Å². The molecule has 0 saturated carbocycles. The average Bonchev–Trinajstić information content (AvgIpc) is 2.46. The largest absolute Gasteiger partial charge is 0.493 e. The molecular weight excluding hydrogens is 256 g/mol. The van der Waals surface area contributed by atoms with Crippen molar-refractivity contribution in [2.45, 2.75) is 25.7 Å². The molecule has 1 aromatic rings. The predicted molar refractivity (Wildman–Crippen MR) is 78.4 cm³/mol. The first-order valence-corrected chi connectivity index (χ1v) is 6.89. The van der Waals surface area contributed by atoms with E-state index in [2.05, 4.69) is 6.58 Å². The van der Waals surface area contributed by atoms with Gasteiger partial charge >= 0.3 is 5.97 Å². The fourth-order valence-electron chi connectivity index (χ4n) is 1.78.